The maximum atomic E-state index is 12.0. The van der Waals surface area contributed by atoms with Gasteiger partial charge in [-0.25, -0.2) is 0 Å². The number of carbonyl (C=O) groups excluding carboxylic acids is 1. The van der Waals surface area contributed by atoms with E-state index in [0.717, 1.165) is 31.3 Å². The molecule has 0 aromatic heterocycles. The number of carbonyl (C=O) groups is 1. The Hall–Kier alpha value is -1.25. The summed E-state index contributed by atoms with van der Waals surface area (Å²) in [5.41, 5.74) is 0.368. The summed E-state index contributed by atoms with van der Waals surface area (Å²) in [6, 6.07) is 0. The monoisotopic (exact) mass is 237 g/mol. The molecule has 1 amide bonds. The third kappa shape index (κ3) is 3.11. The number of hydrogen-bond acceptors (Lipinski definition) is 2. The first-order valence-electron chi connectivity index (χ1n) is 6.24. The highest BCUT2D eigenvalue weighted by Gasteiger charge is 2.37. The van der Waals surface area contributed by atoms with Gasteiger partial charge in [-0.2, -0.15) is 0 Å². The van der Waals surface area contributed by atoms with Gasteiger partial charge in [0.25, 0.3) is 0 Å². The van der Waals surface area contributed by atoms with E-state index in [1.54, 1.807) is 7.11 Å². The Bertz CT molecular complexity index is 325. The Labute approximate surface area is 104 Å². The van der Waals surface area contributed by atoms with Crippen molar-refractivity contribution in [3.05, 3.63) is 24.0 Å². The molecule has 0 aromatic carbocycles. The molecule has 1 saturated carbocycles. The van der Waals surface area contributed by atoms with Crippen molar-refractivity contribution in [1.82, 2.24) is 5.32 Å². The van der Waals surface area contributed by atoms with Gasteiger partial charge in [-0.3, -0.25) is 4.79 Å². The highest BCUT2D eigenvalue weighted by atomic mass is 16.5. The van der Waals surface area contributed by atoms with E-state index in [4.69, 9.17) is 4.74 Å². The minimum absolute atomic E-state index is 0.0207. The Balaban J connectivity index is 2.84. The van der Waals surface area contributed by atoms with E-state index in [1.807, 2.05) is 19.9 Å². The Morgan fingerprint density at radius 2 is 1.94 bits per heavy atom. The maximum absolute atomic E-state index is 12.0. The van der Waals surface area contributed by atoms with Gasteiger partial charge in [0, 0.05) is 5.57 Å². The molecule has 0 unspecified atom stereocenters. The molecule has 96 valence electrons. The molecule has 0 spiro atoms. The zero-order valence-electron chi connectivity index (χ0n) is 11.1. The lowest BCUT2D eigenvalue weighted by Gasteiger charge is -2.38. The quantitative estimate of drug-likeness (QED) is 0.603. The molecular formula is C14H23NO2. The Morgan fingerprint density at radius 3 is 2.41 bits per heavy atom. The van der Waals surface area contributed by atoms with Crippen LogP contribution in [0.3, 0.4) is 0 Å². The molecular weight excluding hydrogens is 214 g/mol. The predicted octanol–water partition coefficient (Wildman–Crippen LogP) is 2.93. The molecule has 0 aliphatic heterocycles. The Morgan fingerprint density at radius 1 is 1.35 bits per heavy atom. The maximum Gasteiger partial charge on any atom is 0.247 e. The fourth-order valence-corrected chi connectivity index (χ4v) is 2.27. The van der Waals surface area contributed by atoms with E-state index in [9.17, 15) is 4.79 Å². The van der Waals surface area contributed by atoms with Crippen LogP contribution in [0.2, 0.25) is 0 Å². The third-order valence-corrected chi connectivity index (χ3v) is 3.63. The summed E-state index contributed by atoms with van der Waals surface area (Å²) in [7, 11) is 1.62. The van der Waals surface area contributed by atoms with Crippen molar-refractivity contribution >= 4 is 5.91 Å². The van der Waals surface area contributed by atoms with Crippen molar-refractivity contribution in [2.45, 2.75) is 51.5 Å². The number of allylic oxidation sites excluding steroid dienone is 1. The van der Waals surface area contributed by atoms with Crippen molar-refractivity contribution in [2.24, 2.45) is 0 Å². The number of rotatable bonds is 4. The SMILES string of the molecule is C=C(OC)C1(NC(=O)/C(C)=C/C)CCCCC1. The molecule has 0 atom stereocenters. The van der Waals surface area contributed by atoms with E-state index in [0.29, 0.717) is 5.76 Å². The standard InChI is InChI=1S/C14H23NO2/c1-5-11(2)13(16)15-14(12(3)17-4)9-7-6-8-10-14/h5H,3,6-10H2,1-2,4H3,(H,15,16)/b11-5+. The number of nitrogens with one attached hydrogen (secondary N) is 1. The third-order valence-electron chi connectivity index (χ3n) is 3.63. The zero-order chi connectivity index (χ0) is 12.9. The lowest BCUT2D eigenvalue weighted by Crippen LogP contribution is -2.51. The van der Waals surface area contributed by atoms with E-state index in [2.05, 4.69) is 11.9 Å². The van der Waals surface area contributed by atoms with Crippen LogP contribution in [0.5, 0.6) is 0 Å². The molecule has 1 N–H and O–H groups in total. The second-order valence-corrected chi connectivity index (χ2v) is 4.70. The van der Waals surface area contributed by atoms with Crippen LogP contribution >= 0.6 is 0 Å². The van der Waals surface area contributed by atoms with Crippen LogP contribution in [0.4, 0.5) is 0 Å². The summed E-state index contributed by atoms with van der Waals surface area (Å²) in [5, 5.41) is 3.10. The van der Waals surface area contributed by atoms with Crippen LogP contribution in [0.15, 0.2) is 24.0 Å². The van der Waals surface area contributed by atoms with E-state index < -0.39 is 0 Å². The molecule has 0 aromatic rings. The van der Waals surface area contributed by atoms with Crippen LogP contribution in [-0.4, -0.2) is 18.6 Å². The van der Waals surface area contributed by atoms with Gasteiger partial charge in [-0.05, 0) is 26.7 Å². The Kier molecular flexibility index (Phi) is 4.79. The highest BCUT2D eigenvalue weighted by molar-refractivity contribution is 5.93. The number of ether oxygens (including phenoxy) is 1. The lowest BCUT2D eigenvalue weighted by molar-refractivity contribution is -0.119. The number of methoxy groups -OCH3 is 1. The van der Waals surface area contributed by atoms with Crippen molar-refractivity contribution in [3.63, 3.8) is 0 Å². The molecule has 1 fully saturated rings. The molecule has 17 heavy (non-hydrogen) atoms. The van der Waals surface area contributed by atoms with Crippen LogP contribution in [-0.2, 0) is 9.53 Å². The molecule has 3 heteroatoms. The topological polar surface area (TPSA) is 38.3 Å². The van der Waals surface area contributed by atoms with Gasteiger partial charge in [-0.1, -0.05) is 31.9 Å². The van der Waals surface area contributed by atoms with Crippen molar-refractivity contribution in [3.8, 4) is 0 Å². The summed E-state index contributed by atoms with van der Waals surface area (Å²) >= 11 is 0. The fourth-order valence-electron chi connectivity index (χ4n) is 2.27. The van der Waals surface area contributed by atoms with Crippen LogP contribution in [0, 0.1) is 0 Å². The second-order valence-electron chi connectivity index (χ2n) is 4.70. The molecule has 1 rings (SSSR count). The van der Waals surface area contributed by atoms with Gasteiger partial charge in [0.15, 0.2) is 0 Å². The van der Waals surface area contributed by atoms with Gasteiger partial charge in [0.05, 0.1) is 12.6 Å². The summed E-state index contributed by atoms with van der Waals surface area (Å²) in [6.45, 7) is 7.64. The number of amides is 1. The smallest absolute Gasteiger partial charge is 0.247 e. The van der Waals surface area contributed by atoms with Gasteiger partial charge in [-0.15, -0.1) is 0 Å². The van der Waals surface area contributed by atoms with Crippen LogP contribution in [0.1, 0.15) is 46.0 Å². The van der Waals surface area contributed by atoms with E-state index >= 15 is 0 Å². The van der Waals surface area contributed by atoms with Gasteiger partial charge in [0.2, 0.25) is 5.91 Å². The summed E-state index contributed by atoms with van der Waals surface area (Å²) < 4.78 is 5.28. The summed E-state index contributed by atoms with van der Waals surface area (Å²) in [6.07, 6.45) is 7.10. The molecule has 0 radical (unpaired) electrons. The van der Waals surface area contributed by atoms with Crippen molar-refractivity contribution in [1.29, 1.82) is 0 Å². The largest absolute Gasteiger partial charge is 0.499 e. The van der Waals surface area contributed by atoms with E-state index in [-0.39, 0.29) is 11.4 Å². The van der Waals surface area contributed by atoms with Crippen LogP contribution in [0.25, 0.3) is 0 Å². The molecule has 1 aliphatic carbocycles. The first-order chi connectivity index (χ1) is 8.05. The fraction of sp³-hybridized carbons (Fsp3) is 0.643. The second kappa shape index (κ2) is 5.89. The average molecular weight is 237 g/mol. The predicted molar refractivity (Wildman–Crippen MR) is 69.5 cm³/mol. The number of hydrogen-bond donors (Lipinski definition) is 1. The van der Waals surface area contributed by atoms with Gasteiger partial charge < -0.3 is 10.1 Å². The van der Waals surface area contributed by atoms with Gasteiger partial charge >= 0.3 is 0 Å². The van der Waals surface area contributed by atoms with Gasteiger partial charge in [0.1, 0.15) is 5.76 Å². The minimum atomic E-state index is -0.367. The minimum Gasteiger partial charge on any atom is -0.499 e. The summed E-state index contributed by atoms with van der Waals surface area (Å²) in [4.78, 5) is 12.0. The summed E-state index contributed by atoms with van der Waals surface area (Å²) in [5.74, 6) is 0.655. The van der Waals surface area contributed by atoms with E-state index in [1.165, 1.54) is 6.42 Å². The molecule has 0 bridgehead atoms. The normalized spacial score (nSPS) is 19.6. The highest BCUT2D eigenvalue weighted by Crippen LogP contribution is 2.34. The zero-order valence-corrected chi connectivity index (χ0v) is 11.1. The molecule has 0 saturated heterocycles. The van der Waals surface area contributed by atoms with Crippen molar-refractivity contribution < 1.29 is 9.53 Å². The van der Waals surface area contributed by atoms with Crippen molar-refractivity contribution in [2.75, 3.05) is 7.11 Å². The van der Waals surface area contributed by atoms with Crippen LogP contribution < -0.4 is 5.32 Å². The first-order valence-corrected chi connectivity index (χ1v) is 6.24. The first kappa shape index (κ1) is 13.8. The average Bonchev–Trinajstić information content (AvgIpc) is 2.37. The molecule has 1 aliphatic rings. The molecule has 0 heterocycles. The molecule has 3 nitrogen and oxygen atoms in total. The lowest BCUT2D eigenvalue weighted by atomic mass is 9.80.